The largest absolute Gasteiger partial charge is 0.411 e. The molecule has 0 saturated heterocycles. The fraction of sp³-hybridized carbons (Fsp3) is 0.545. The molecule has 2 N–H and O–H groups in total. The zero-order valence-corrected chi connectivity index (χ0v) is 9.50. The first-order valence-corrected chi connectivity index (χ1v) is 5.22. The number of nitrogens with two attached hydrogens (primary N) is 1. The first-order valence-electron chi connectivity index (χ1n) is 5.22. The van der Waals surface area contributed by atoms with Crippen LogP contribution in [-0.2, 0) is 4.74 Å². The summed E-state index contributed by atoms with van der Waals surface area (Å²) in [5, 5.41) is 0. The van der Waals surface area contributed by atoms with Crippen LogP contribution >= 0.6 is 0 Å². The SMILES string of the molecule is Cc1cccc(C(N)CCOCC(F)(F)F)n1. The molecule has 6 heteroatoms. The summed E-state index contributed by atoms with van der Waals surface area (Å²) in [6, 6.07) is 4.99. The van der Waals surface area contributed by atoms with Crippen molar-refractivity contribution < 1.29 is 17.9 Å². The standard InChI is InChI=1S/C11H15F3N2O/c1-8-3-2-4-10(16-8)9(15)5-6-17-7-11(12,13)14/h2-4,9H,5-7,15H2,1H3. The maximum atomic E-state index is 11.8. The van der Waals surface area contributed by atoms with Crippen molar-refractivity contribution in [2.24, 2.45) is 5.73 Å². The van der Waals surface area contributed by atoms with Crippen LogP contribution in [0.25, 0.3) is 0 Å². The molecule has 0 spiro atoms. The summed E-state index contributed by atoms with van der Waals surface area (Å²) in [7, 11) is 0. The number of aromatic nitrogens is 1. The zero-order chi connectivity index (χ0) is 12.9. The minimum absolute atomic E-state index is 0.0314. The Labute approximate surface area is 97.8 Å². The quantitative estimate of drug-likeness (QED) is 0.814. The van der Waals surface area contributed by atoms with E-state index in [-0.39, 0.29) is 6.61 Å². The van der Waals surface area contributed by atoms with Crippen molar-refractivity contribution in [1.29, 1.82) is 0 Å². The van der Waals surface area contributed by atoms with Crippen LogP contribution in [-0.4, -0.2) is 24.4 Å². The Kier molecular flexibility index (Phi) is 4.89. The maximum Gasteiger partial charge on any atom is 0.411 e. The predicted molar refractivity (Wildman–Crippen MR) is 57.4 cm³/mol. The van der Waals surface area contributed by atoms with Gasteiger partial charge in [0.2, 0.25) is 0 Å². The molecule has 0 saturated carbocycles. The molecular weight excluding hydrogens is 233 g/mol. The van der Waals surface area contributed by atoms with E-state index in [1.807, 2.05) is 19.1 Å². The molecular formula is C11H15F3N2O. The third-order valence-electron chi connectivity index (χ3n) is 2.13. The van der Waals surface area contributed by atoms with Crippen LogP contribution in [0.1, 0.15) is 23.9 Å². The second-order valence-electron chi connectivity index (χ2n) is 3.77. The van der Waals surface area contributed by atoms with Crippen molar-refractivity contribution in [2.75, 3.05) is 13.2 Å². The summed E-state index contributed by atoms with van der Waals surface area (Å²) in [6.45, 7) is 0.563. The van der Waals surface area contributed by atoms with Gasteiger partial charge in [0.15, 0.2) is 0 Å². The molecule has 0 amide bonds. The molecule has 1 atom stereocenters. The molecule has 1 aromatic rings. The van der Waals surface area contributed by atoms with E-state index >= 15 is 0 Å². The highest BCUT2D eigenvalue weighted by Gasteiger charge is 2.27. The topological polar surface area (TPSA) is 48.1 Å². The smallest absolute Gasteiger partial charge is 0.372 e. The third-order valence-corrected chi connectivity index (χ3v) is 2.13. The van der Waals surface area contributed by atoms with Gasteiger partial charge in [0.1, 0.15) is 6.61 Å². The summed E-state index contributed by atoms with van der Waals surface area (Å²) >= 11 is 0. The Balaban J connectivity index is 2.33. The molecule has 1 rings (SSSR count). The predicted octanol–water partition coefficient (Wildman–Crippen LogP) is 2.36. The highest BCUT2D eigenvalue weighted by atomic mass is 19.4. The second kappa shape index (κ2) is 5.97. The van der Waals surface area contributed by atoms with Crippen molar-refractivity contribution in [3.63, 3.8) is 0 Å². The van der Waals surface area contributed by atoms with E-state index in [0.717, 1.165) is 5.69 Å². The fourth-order valence-corrected chi connectivity index (χ4v) is 1.32. The normalized spacial score (nSPS) is 13.7. The summed E-state index contributed by atoms with van der Waals surface area (Å²) < 4.78 is 39.8. The Morgan fingerprint density at radius 3 is 2.71 bits per heavy atom. The van der Waals surface area contributed by atoms with Gasteiger partial charge >= 0.3 is 6.18 Å². The number of ether oxygens (including phenoxy) is 1. The molecule has 1 unspecified atom stereocenters. The highest BCUT2D eigenvalue weighted by Crippen LogP contribution is 2.16. The molecule has 1 heterocycles. The molecule has 0 bridgehead atoms. The van der Waals surface area contributed by atoms with Crippen LogP contribution in [0.2, 0.25) is 0 Å². The van der Waals surface area contributed by atoms with Gasteiger partial charge in [0, 0.05) is 18.3 Å². The van der Waals surface area contributed by atoms with Gasteiger partial charge in [-0.1, -0.05) is 6.07 Å². The number of halogens is 3. The molecule has 0 aliphatic rings. The van der Waals surface area contributed by atoms with Crippen molar-refractivity contribution >= 4 is 0 Å². The summed E-state index contributed by atoms with van der Waals surface area (Å²) in [6.07, 6.45) is -3.97. The molecule has 1 aromatic heterocycles. The van der Waals surface area contributed by atoms with Crippen LogP contribution < -0.4 is 5.73 Å². The Morgan fingerprint density at radius 2 is 2.12 bits per heavy atom. The van der Waals surface area contributed by atoms with E-state index in [1.54, 1.807) is 6.07 Å². The maximum absolute atomic E-state index is 11.8. The van der Waals surface area contributed by atoms with Crippen molar-refractivity contribution in [2.45, 2.75) is 25.6 Å². The molecule has 0 fully saturated rings. The Hall–Kier alpha value is -1.14. The van der Waals surface area contributed by atoms with E-state index < -0.39 is 18.8 Å². The lowest BCUT2D eigenvalue weighted by molar-refractivity contribution is -0.174. The van der Waals surface area contributed by atoms with Crippen LogP contribution in [0.15, 0.2) is 18.2 Å². The summed E-state index contributed by atoms with van der Waals surface area (Å²) in [5.74, 6) is 0. The van der Waals surface area contributed by atoms with Crippen molar-refractivity contribution in [3.05, 3.63) is 29.6 Å². The van der Waals surface area contributed by atoms with Gasteiger partial charge in [-0.2, -0.15) is 13.2 Å². The van der Waals surface area contributed by atoms with E-state index in [1.165, 1.54) is 0 Å². The highest BCUT2D eigenvalue weighted by molar-refractivity contribution is 5.12. The van der Waals surface area contributed by atoms with Gasteiger partial charge in [0.05, 0.1) is 5.69 Å². The lowest BCUT2D eigenvalue weighted by Crippen LogP contribution is -2.20. The number of rotatable bonds is 5. The third kappa shape index (κ3) is 5.65. The van der Waals surface area contributed by atoms with Crippen LogP contribution in [0, 0.1) is 6.92 Å². The van der Waals surface area contributed by atoms with Crippen LogP contribution in [0.3, 0.4) is 0 Å². The molecule has 0 aromatic carbocycles. The first-order chi connectivity index (χ1) is 7.88. The van der Waals surface area contributed by atoms with Gasteiger partial charge in [-0.25, -0.2) is 0 Å². The molecule has 17 heavy (non-hydrogen) atoms. The number of nitrogens with zero attached hydrogens (tertiary/aromatic N) is 1. The second-order valence-corrected chi connectivity index (χ2v) is 3.77. The number of hydrogen-bond acceptors (Lipinski definition) is 3. The molecule has 0 aliphatic carbocycles. The Bertz CT molecular complexity index is 355. The van der Waals surface area contributed by atoms with Gasteiger partial charge < -0.3 is 10.5 Å². The van der Waals surface area contributed by atoms with E-state index in [9.17, 15) is 13.2 Å². The number of aryl methyl sites for hydroxylation is 1. The van der Waals surface area contributed by atoms with Gasteiger partial charge in [0.25, 0.3) is 0 Å². The first kappa shape index (κ1) is 13.9. The number of pyridine rings is 1. The van der Waals surface area contributed by atoms with Crippen molar-refractivity contribution in [3.8, 4) is 0 Å². The van der Waals surface area contributed by atoms with Crippen LogP contribution in [0.5, 0.6) is 0 Å². The van der Waals surface area contributed by atoms with Crippen LogP contribution in [0.4, 0.5) is 13.2 Å². The summed E-state index contributed by atoms with van der Waals surface area (Å²) in [4.78, 5) is 4.20. The minimum atomic E-state index is -4.29. The molecule has 3 nitrogen and oxygen atoms in total. The van der Waals surface area contributed by atoms with E-state index in [4.69, 9.17) is 5.73 Å². The zero-order valence-electron chi connectivity index (χ0n) is 9.50. The number of hydrogen-bond donors (Lipinski definition) is 1. The average molecular weight is 248 g/mol. The van der Waals surface area contributed by atoms with Gasteiger partial charge in [-0.3, -0.25) is 4.98 Å². The monoisotopic (exact) mass is 248 g/mol. The van der Waals surface area contributed by atoms with Gasteiger partial charge in [-0.15, -0.1) is 0 Å². The number of alkyl halides is 3. The summed E-state index contributed by atoms with van der Waals surface area (Å²) in [5.41, 5.74) is 7.29. The Morgan fingerprint density at radius 1 is 1.41 bits per heavy atom. The minimum Gasteiger partial charge on any atom is -0.372 e. The fourth-order valence-electron chi connectivity index (χ4n) is 1.32. The van der Waals surface area contributed by atoms with Crippen molar-refractivity contribution in [1.82, 2.24) is 4.98 Å². The molecule has 0 radical (unpaired) electrons. The molecule has 0 aliphatic heterocycles. The van der Waals surface area contributed by atoms with E-state index in [2.05, 4.69) is 9.72 Å². The van der Waals surface area contributed by atoms with E-state index in [0.29, 0.717) is 12.1 Å². The molecule has 96 valence electrons. The van der Waals surface area contributed by atoms with Gasteiger partial charge in [-0.05, 0) is 25.5 Å². The lowest BCUT2D eigenvalue weighted by atomic mass is 10.1. The lowest BCUT2D eigenvalue weighted by Gasteiger charge is -2.12. The average Bonchev–Trinajstić information content (AvgIpc) is 2.23.